The summed E-state index contributed by atoms with van der Waals surface area (Å²) in [6.07, 6.45) is 7.14. The number of fused-ring (bicyclic) bond motifs is 1. The number of aromatic nitrogens is 3. The van der Waals surface area contributed by atoms with E-state index in [4.69, 9.17) is 9.47 Å². The van der Waals surface area contributed by atoms with Gasteiger partial charge in [-0.1, -0.05) is 25.8 Å². The van der Waals surface area contributed by atoms with Crippen molar-refractivity contribution in [1.29, 1.82) is 0 Å². The Morgan fingerprint density at radius 1 is 1.14 bits per heavy atom. The maximum atomic E-state index is 12.7. The van der Waals surface area contributed by atoms with Crippen LogP contribution >= 0.6 is 0 Å². The molecule has 1 atom stereocenters. The Labute approximate surface area is 206 Å². The lowest BCUT2D eigenvalue weighted by Gasteiger charge is -2.29. The Bertz CT molecular complexity index is 1130. The molecular formula is C27H35N5O3. The molecule has 1 aliphatic rings. The molecule has 0 aliphatic carbocycles. The van der Waals surface area contributed by atoms with Gasteiger partial charge in [-0.05, 0) is 55.9 Å². The third-order valence-electron chi connectivity index (χ3n) is 6.62. The molecule has 2 aromatic heterocycles. The minimum atomic E-state index is -0.266. The molecule has 3 aromatic rings. The van der Waals surface area contributed by atoms with E-state index in [2.05, 4.69) is 39.7 Å². The van der Waals surface area contributed by atoms with Crippen LogP contribution in [-0.2, 0) is 4.74 Å². The number of nitrogens with zero attached hydrogens (tertiary/aromatic N) is 3. The fourth-order valence-corrected chi connectivity index (χ4v) is 4.43. The SMILES string of the molecule is CCCCCOc1ccc(-c2ccc3nnc(C(=O)NC)c(N[C@@H](C)C4CCOCC4)c3c2)cn1. The van der Waals surface area contributed by atoms with E-state index in [-0.39, 0.29) is 11.9 Å². The minimum absolute atomic E-state index is 0.157. The van der Waals surface area contributed by atoms with Gasteiger partial charge >= 0.3 is 0 Å². The normalized spacial score (nSPS) is 15.1. The molecule has 1 amide bonds. The number of carbonyl (C=O) groups excluding carboxylic acids is 1. The second-order valence-corrected chi connectivity index (χ2v) is 9.06. The van der Waals surface area contributed by atoms with Gasteiger partial charge < -0.3 is 20.1 Å². The van der Waals surface area contributed by atoms with Crippen LogP contribution in [0.25, 0.3) is 22.0 Å². The molecule has 186 valence electrons. The quantitative estimate of drug-likeness (QED) is 0.403. The topological polar surface area (TPSA) is 98.3 Å². The Hall–Kier alpha value is -3.26. The highest BCUT2D eigenvalue weighted by molar-refractivity contribution is 6.06. The summed E-state index contributed by atoms with van der Waals surface area (Å²) >= 11 is 0. The van der Waals surface area contributed by atoms with E-state index in [0.717, 1.165) is 67.3 Å². The number of anilines is 1. The first-order valence-corrected chi connectivity index (χ1v) is 12.6. The fourth-order valence-electron chi connectivity index (χ4n) is 4.43. The summed E-state index contributed by atoms with van der Waals surface area (Å²) in [4.78, 5) is 17.1. The zero-order valence-corrected chi connectivity index (χ0v) is 20.8. The van der Waals surface area contributed by atoms with Crippen molar-refractivity contribution in [3.8, 4) is 17.0 Å². The van der Waals surface area contributed by atoms with Gasteiger partial charge in [0, 0.05) is 49.5 Å². The number of nitrogens with one attached hydrogen (secondary N) is 2. The van der Waals surface area contributed by atoms with E-state index >= 15 is 0 Å². The lowest BCUT2D eigenvalue weighted by molar-refractivity contribution is 0.0622. The lowest BCUT2D eigenvalue weighted by atomic mass is 9.92. The van der Waals surface area contributed by atoms with Gasteiger partial charge in [-0.15, -0.1) is 10.2 Å². The summed E-state index contributed by atoms with van der Waals surface area (Å²) < 4.78 is 11.3. The summed E-state index contributed by atoms with van der Waals surface area (Å²) in [6, 6.07) is 10.1. The molecule has 0 unspecified atom stereocenters. The lowest BCUT2D eigenvalue weighted by Crippen LogP contribution is -2.32. The first-order valence-electron chi connectivity index (χ1n) is 12.6. The van der Waals surface area contributed by atoms with Crippen LogP contribution in [0.3, 0.4) is 0 Å². The summed E-state index contributed by atoms with van der Waals surface area (Å²) in [5, 5.41) is 15.7. The third-order valence-corrected chi connectivity index (χ3v) is 6.62. The molecular weight excluding hydrogens is 442 g/mol. The maximum absolute atomic E-state index is 12.7. The predicted molar refractivity (Wildman–Crippen MR) is 138 cm³/mol. The highest BCUT2D eigenvalue weighted by atomic mass is 16.5. The van der Waals surface area contributed by atoms with Gasteiger partial charge in [0.2, 0.25) is 5.88 Å². The van der Waals surface area contributed by atoms with Crippen molar-refractivity contribution >= 4 is 22.5 Å². The Morgan fingerprint density at radius 3 is 2.66 bits per heavy atom. The Morgan fingerprint density at radius 2 is 1.94 bits per heavy atom. The zero-order chi connectivity index (χ0) is 24.6. The van der Waals surface area contributed by atoms with Gasteiger partial charge in [0.25, 0.3) is 5.91 Å². The monoisotopic (exact) mass is 477 g/mol. The molecule has 1 aromatic carbocycles. The predicted octanol–water partition coefficient (Wildman–Crippen LogP) is 4.85. The van der Waals surface area contributed by atoms with Crippen LogP contribution in [0.15, 0.2) is 36.5 Å². The van der Waals surface area contributed by atoms with Crippen LogP contribution in [0.1, 0.15) is 56.4 Å². The van der Waals surface area contributed by atoms with Crippen LogP contribution < -0.4 is 15.4 Å². The van der Waals surface area contributed by atoms with Gasteiger partial charge in [0.05, 0.1) is 17.8 Å². The number of amides is 1. The van der Waals surface area contributed by atoms with Crippen LogP contribution in [0.2, 0.25) is 0 Å². The van der Waals surface area contributed by atoms with Crippen molar-refractivity contribution in [2.24, 2.45) is 5.92 Å². The van der Waals surface area contributed by atoms with E-state index < -0.39 is 0 Å². The van der Waals surface area contributed by atoms with Crippen molar-refractivity contribution in [1.82, 2.24) is 20.5 Å². The van der Waals surface area contributed by atoms with E-state index in [9.17, 15) is 4.79 Å². The highest BCUT2D eigenvalue weighted by Crippen LogP contribution is 2.32. The average molecular weight is 478 g/mol. The molecule has 0 saturated carbocycles. The largest absolute Gasteiger partial charge is 0.478 e. The number of benzene rings is 1. The Balaban J connectivity index is 1.64. The van der Waals surface area contributed by atoms with Crippen LogP contribution in [0.4, 0.5) is 5.69 Å². The number of hydrogen-bond donors (Lipinski definition) is 2. The maximum Gasteiger partial charge on any atom is 0.273 e. The van der Waals surface area contributed by atoms with Gasteiger partial charge in [-0.25, -0.2) is 4.98 Å². The number of carbonyl (C=O) groups is 1. The number of hydrogen-bond acceptors (Lipinski definition) is 7. The van der Waals surface area contributed by atoms with Crippen LogP contribution in [-0.4, -0.2) is 54.0 Å². The molecule has 8 nitrogen and oxygen atoms in total. The van der Waals surface area contributed by atoms with E-state index in [1.807, 2.05) is 36.5 Å². The minimum Gasteiger partial charge on any atom is -0.478 e. The van der Waals surface area contributed by atoms with E-state index in [1.165, 1.54) is 0 Å². The molecule has 3 heterocycles. The highest BCUT2D eigenvalue weighted by Gasteiger charge is 2.24. The first kappa shape index (κ1) is 24.9. The zero-order valence-electron chi connectivity index (χ0n) is 20.8. The molecule has 0 bridgehead atoms. The number of pyridine rings is 1. The van der Waals surface area contributed by atoms with Gasteiger partial charge in [0.1, 0.15) is 0 Å². The second kappa shape index (κ2) is 11.9. The average Bonchev–Trinajstić information content (AvgIpc) is 2.91. The summed E-state index contributed by atoms with van der Waals surface area (Å²) in [6.45, 7) is 6.54. The number of ether oxygens (including phenoxy) is 2. The fraction of sp³-hybridized carbons (Fsp3) is 0.481. The molecule has 2 N–H and O–H groups in total. The van der Waals surface area contributed by atoms with Crippen molar-refractivity contribution in [2.45, 2.75) is 52.0 Å². The first-order chi connectivity index (χ1) is 17.1. The second-order valence-electron chi connectivity index (χ2n) is 9.06. The van der Waals surface area contributed by atoms with Crippen molar-refractivity contribution in [3.63, 3.8) is 0 Å². The standard InChI is InChI=1S/C27H35N5O3/c1-4-5-6-13-35-24-10-8-21(17-29-24)20-7-9-23-22(16-20)25(26(32-31-23)27(33)28-3)30-18(2)19-11-14-34-15-12-19/h7-10,16-19H,4-6,11-15H2,1-3H3,(H,28,33)(H,30,31)/t18-/m0/s1. The molecule has 1 saturated heterocycles. The molecule has 1 aliphatic heterocycles. The molecule has 8 heteroatoms. The van der Waals surface area contributed by atoms with Gasteiger partial charge in [0.15, 0.2) is 5.69 Å². The van der Waals surface area contributed by atoms with Crippen LogP contribution in [0, 0.1) is 5.92 Å². The van der Waals surface area contributed by atoms with Gasteiger partial charge in [-0.3, -0.25) is 4.79 Å². The number of rotatable bonds is 10. The van der Waals surface area contributed by atoms with E-state index in [0.29, 0.717) is 29.8 Å². The van der Waals surface area contributed by atoms with Gasteiger partial charge in [-0.2, -0.15) is 0 Å². The molecule has 0 spiro atoms. The van der Waals surface area contributed by atoms with Crippen molar-refractivity contribution in [3.05, 3.63) is 42.2 Å². The smallest absolute Gasteiger partial charge is 0.273 e. The summed E-state index contributed by atoms with van der Waals surface area (Å²) in [5.74, 6) is 0.825. The molecule has 0 radical (unpaired) electrons. The van der Waals surface area contributed by atoms with Crippen molar-refractivity contribution < 1.29 is 14.3 Å². The van der Waals surface area contributed by atoms with Crippen molar-refractivity contribution in [2.75, 3.05) is 32.2 Å². The summed E-state index contributed by atoms with van der Waals surface area (Å²) in [5.41, 5.74) is 3.69. The molecule has 35 heavy (non-hydrogen) atoms. The summed E-state index contributed by atoms with van der Waals surface area (Å²) in [7, 11) is 1.61. The number of unbranched alkanes of at least 4 members (excludes halogenated alkanes) is 2. The Kier molecular flexibility index (Phi) is 8.47. The van der Waals surface area contributed by atoms with E-state index in [1.54, 1.807) is 7.05 Å². The van der Waals surface area contributed by atoms with Crippen LogP contribution in [0.5, 0.6) is 5.88 Å². The molecule has 4 rings (SSSR count). The third kappa shape index (κ3) is 6.06. The molecule has 1 fully saturated rings.